The molecule has 0 spiro atoms. The van der Waals surface area contributed by atoms with Gasteiger partial charge in [-0.05, 0) is 31.5 Å². The number of benzene rings is 1. The average molecular weight is 468 g/mol. The van der Waals surface area contributed by atoms with E-state index < -0.39 is 5.41 Å². The Bertz CT molecular complexity index is 1290. The summed E-state index contributed by atoms with van der Waals surface area (Å²) < 4.78 is 8.17. The standard InChI is InChI=1S/C24H29N5O3S/c1-6-15-14-32-20(27-15)18(12-25)22-29(7-2)21(30)19(33-22)13-26-16-9-8-10-17(11-16)28-23(31)24(3,4)5/h8-11,13,15,26H,6-7,14H2,1-5H3,(H,28,31)/t15-/m0/s1. The van der Waals surface area contributed by atoms with Crippen LogP contribution in [0.25, 0.3) is 11.8 Å². The van der Waals surface area contributed by atoms with Crippen LogP contribution in [-0.4, -0.2) is 29.0 Å². The van der Waals surface area contributed by atoms with E-state index in [2.05, 4.69) is 21.7 Å². The van der Waals surface area contributed by atoms with Gasteiger partial charge < -0.3 is 15.4 Å². The lowest BCUT2D eigenvalue weighted by Gasteiger charge is -2.18. The number of carbonyl (C=O) groups excluding carboxylic acids is 1. The van der Waals surface area contributed by atoms with Crippen LogP contribution in [0.4, 0.5) is 11.4 Å². The third-order valence-corrected chi connectivity index (χ3v) is 6.25. The molecule has 0 unspecified atom stereocenters. The molecular weight excluding hydrogens is 438 g/mol. The van der Waals surface area contributed by atoms with Crippen molar-refractivity contribution in [3.05, 3.63) is 43.8 Å². The maximum Gasteiger partial charge on any atom is 0.270 e. The number of amides is 1. The molecule has 2 N–H and O–H groups in total. The molecule has 1 aliphatic heterocycles. The molecule has 8 nitrogen and oxygen atoms in total. The lowest BCUT2D eigenvalue weighted by Crippen LogP contribution is -2.32. The van der Waals surface area contributed by atoms with Crippen molar-refractivity contribution in [1.82, 2.24) is 4.57 Å². The number of rotatable bonds is 6. The number of carbonyl (C=O) groups is 1. The molecule has 0 fully saturated rings. The molecule has 9 heteroatoms. The first-order valence-electron chi connectivity index (χ1n) is 10.9. The quantitative estimate of drug-likeness (QED) is 0.679. The lowest BCUT2D eigenvalue weighted by atomic mass is 9.95. The maximum atomic E-state index is 13.0. The Hall–Kier alpha value is -3.38. The summed E-state index contributed by atoms with van der Waals surface area (Å²) in [7, 11) is 0. The SMILES string of the molecule is CC[C@H]1COC(C(C#N)=c2sc(=CNc3cccc(NC(=O)C(C)(C)C)c3)c(=O)n2CC)=N1. The lowest BCUT2D eigenvalue weighted by molar-refractivity contribution is -0.123. The number of nitrogens with one attached hydrogen (secondary N) is 2. The van der Waals surface area contributed by atoms with Crippen molar-refractivity contribution in [3.63, 3.8) is 0 Å². The van der Waals surface area contributed by atoms with Crippen LogP contribution in [0.5, 0.6) is 0 Å². The summed E-state index contributed by atoms with van der Waals surface area (Å²) >= 11 is 1.22. The van der Waals surface area contributed by atoms with Crippen molar-refractivity contribution in [2.75, 3.05) is 17.2 Å². The first-order chi connectivity index (χ1) is 15.7. The van der Waals surface area contributed by atoms with E-state index in [0.29, 0.717) is 33.9 Å². The highest BCUT2D eigenvalue weighted by molar-refractivity contribution is 7.07. The number of anilines is 2. The van der Waals surface area contributed by atoms with E-state index in [1.165, 1.54) is 11.3 Å². The Kier molecular flexibility index (Phi) is 7.39. The predicted octanol–water partition coefficient (Wildman–Crippen LogP) is 2.65. The van der Waals surface area contributed by atoms with Gasteiger partial charge in [0.2, 0.25) is 11.8 Å². The molecule has 1 aliphatic rings. The number of nitrogens with zero attached hydrogens (tertiary/aromatic N) is 3. The second-order valence-corrected chi connectivity index (χ2v) is 9.72. The van der Waals surface area contributed by atoms with Crippen LogP contribution < -0.4 is 25.4 Å². The summed E-state index contributed by atoms with van der Waals surface area (Å²) in [5.41, 5.74) is 0.959. The van der Waals surface area contributed by atoms with Crippen molar-refractivity contribution in [3.8, 4) is 6.07 Å². The van der Waals surface area contributed by atoms with Gasteiger partial charge in [0.15, 0.2) is 0 Å². The fraction of sp³-hybridized carbons (Fsp3) is 0.417. The molecule has 1 aromatic carbocycles. The van der Waals surface area contributed by atoms with Crippen LogP contribution >= 0.6 is 11.3 Å². The molecule has 0 saturated carbocycles. The van der Waals surface area contributed by atoms with Crippen LogP contribution in [0.3, 0.4) is 0 Å². The maximum absolute atomic E-state index is 13.0. The minimum absolute atomic E-state index is 0.0314. The largest absolute Gasteiger partial charge is 0.475 e. The average Bonchev–Trinajstić information content (AvgIpc) is 3.37. The number of aromatic nitrogens is 1. The molecule has 0 radical (unpaired) electrons. The normalized spacial score (nSPS) is 17.2. The minimum atomic E-state index is -0.506. The molecule has 1 aromatic heterocycles. The molecule has 0 bridgehead atoms. The number of thiazole rings is 1. The predicted molar refractivity (Wildman–Crippen MR) is 133 cm³/mol. The first kappa shape index (κ1) is 24.3. The van der Waals surface area contributed by atoms with Gasteiger partial charge in [-0.1, -0.05) is 33.8 Å². The van der Waals surface area contributed by atoms with Crippen LogP contribution in [0, 0.1) is 16.7 Å². The number of hydrogen-bond acceptors (Lipinski definition) is 7. The van der Waals surface area contributed by atoms with Crippen molar-refractivity contribution >= 4 is 46.3 Å². The van der Waals surface area contributed by atoms with Crippen LogP contribution in [-0.2, 0) is 16.1 Å². The summed E-state index contributed by atoms with van der Waals surface area (Å²) in [6.45, 7) is 10.3. The Morgan fingerprint density at radius 1 is 1.36 bits per heavy atom. The second-order valence-electron chi connectivity index (χ2n) is 8.69. The van der Waals surface area contributed by atoms with Gasteiger partial charge in [0.05, 0.1) is 6.04 Å². The van der Waals surface area contributed by atoms with Gasteiger partial charge >= 0.3 is 0 Å². The molecule has 33 heavy (non-hydrogen) atoms. The summed E-state index contributed by atoms with van der Waals surface area (Å²) in [6.07, 6.45) is 2.44. The molecule has 2 aromatic rings. The Morgan fingerprint density at radius 3 is 2.70 bits per heavy atom. The van der Waals surface area contributed by atoms with Gasteiger partial charge in [-0.3, -0.25) is 14.2 Å². The van der Waals surface area contributed by atoms with Gasteiger partial charge in [-0.2, -0.15) is 5.26 Å². The van der Waals surface area contributed by atoms with Gasteiger partial charge in [0, 0.05) is 29.5 Å². The van der Waals surface area contributed by atoms with Crippen molar-refractivity contribution in [2.45, 2.75) is 53.6 Å². The molecular formula is C24H29N5O3S. The fourth-order valence-corrected chi connectivity index (χ4v) is 4.18. The summed E-state index contributed by atoms with van der Waals surface area (Å²) in [5.74, 6) is 0.217. The van der Waals surface area contributed by atoms with E-state index in [4.69, 9.17) is 4.74 Å². The van der Waals surface area contributed by atoms with E-state index in [0.717, 1.165) is 12.1 Å². The number of hydrogen-bond donors (Lipinski definition) is 2. The van der Waals surface area contributed by atoms with Crippen molar-refractivity contribution in [2.24, 2.45) is 10.4 Å². The van der Waals surface area contributed by atoms with Gasteiger partial charge in [-0.15, -0.1) is 11.3 Å². The summed E-state index contributed by atoms with van der Waals surface area (Å²) in [4.78, 5) is 29.7. The zero-order valence-corrected chi connectivity index (χ0v) is 20.4. The Balaban J connectivity index is 1.96. The zero-order valence-electron chi connectivity index (χ0n) is 19.6. The first-order valence-corrected chi connectivity index (χ1v) is 11.7. The van der Waals surface area contributed by atoms with Crippen molar-refractivity contribution in [1.29, 1.82) is 5.26 Å². The third-order valence-electron chi connectivity index (χ3n) is 5.12. The highest BCUT2D eigenvalue weighted by Gasteiger charge is 2.23. The van der Waals surface area contributed by atoms with E-state index in [-0.39, 0.29) is 23.1 Å². The Morgan fingerprint density at radius 2 is 2.09 bits per heavy atom. The molecule has 3 rings (SSSR count). The monoisotopic (exact) mass is 467 g/mol. The third kappa shape index (κ3) is 5.52. The molecule has 174 valence electrons. The summed E-state index contributed by atoms with van der Waals surface area (Å²) in [5, 5.41) is 15.8. The number of aliphatic imine (C=N–C) groups is 1. The fourth-order valence-electron chi connectivity index (χ4n) is 3.10. The highest BCUT2D eigenvalue weighted by Crippen LogP contribution is 2.20. The van der Waals surface area contributed by atoms with E-state index in [1.54, 1.807) is 16.8 Å². The molecule has 0 aliphatic carbocycles. The number of ether oxygens (including phenoxy) is 1. The molecule has 1 amide bonds. The second kappa shape index (κ2) is 10.0. The molecule has 1 atom stereocenters. The van der Waals surface area contributed by atoms with Gasteiger partial charge in [-0.25, -0.2) is 4.99 Å². The smallest absolute Gasteiger partial charge is 0.270 e. The van der Waals surface area contributed by atoms with Crippen LogP contribution in [0.2, 0.25) is 0 Å². The van der Waals surface area contributed by atoms with Crippen LogP contribution in [0.15, 0.2) is 34.1 Å². The molecule has 2 heterocycles. The molecule has 0 saturated heterocycles. The Labute approximate surface area is 196 Å². The van der Waals surface area contributed by atoms with Gasteiger partial charge in [0.1, 0.15) is 27.4 Å². The van der Waals surface area contributed by atoms with E-state index in [1.807, 2.05) is 52.8 Å². The number of nitriles is 1. The van der Waals surface area contributed by atoms with Crippen LogP contribution in [0.1, 0.15) is 41.0 Å². The topological polar surface area (TPSA) is 109 Å². The zero-order chi connectivity index (χ0) is 24.2. The minimum Gasteiger partial charge on any atom is -0.475 e. The van der Waals surface area contributed by atoms with E-state index in [9.17, 15) is 14.9 Å². The highest BCUT2D eigenvalue weighted by atomic mass is 32.1. The van der Waals surface area contributed by atoms with Gasteiger partial charge in [0.25, 0.3) is 5.56 Å². The van der Waals surface area contributed by atoms with Crippen molar-refractivity contribution < 1.29 is 9.53 Å². The summed E-state index contributed by atoms with van der Waals surface area (Å²) in [6, 6.07) is 9.47. The van der Waals surface area contributed by atoms with E-state index >= 15 is 0 Å².